The first-order chi connectivity index (χ1) is 17.9. The third-order valence-corrected chi connectivity index (χ3v) is 6.18. The Labute approximate surface area is 216 Å². The highest BCUT2D eigenvalue weighted by Crippen LogP contribution is 2.27. The van der Waals surface area contributed by atoms with E-state index in [0.717, 1.165) is 33.7 Å². The van der Waals surface area contributed by atoms with E-state index in [-0.39, 0.29) is 11.3 Å². The van der Waals surface area contributed by atoms with Gasteiger partial charge in [-0.05, 0) is 67.1 Å². The summed E-state index contributed by atoms with van der Waals surface area (Å²) >= 11 is 5.91. The molecule has 5 rings (SSSR count). The maximum Gasteiger partial charge on any atom is 0.335 e. The molecule has 0 spiro atoms. The van der Waals surface area contributed by atoms with Gasteiger partial charge >= 0.3 is 6.03 Å². The molecule has 3 aromatic carbocycles. The first-order valence-electron chi connectivity index (χ1n) is 11.5. The molecule has 1 aromatic heterocycles. The lowest BCUT2D eigenvalue weighted by Crippen LogP contribution is -2.54. The molecule has 1 aliphatic rings. The van der Waals surface area contributed by atoms with Crippen LogP contribution in [0, 0.1) is 5.82 Å². The topological polar surface area (TPSA) is 80.6 Å². The molecule has 4 amide bonds. The van der Waals surface area contributed by atoms with Crippen LogP contribution in [0.4, 0.5) is 14.9 Å². The molecular formula is C28H21ClFN3O4. The van der Waals surface area contributed by atoms with Crippen LogP contribution < -0.4 is 15.0 Å². The lowest BCUT2D eigenvalue weighted by molar-refractivity contribution is -0.122. The number of hydrogen-bond acceptors (Lipinski definition) is 4. The minimum atomic E-state index is -0.887. The number of halogens is 2. The predicted octanol–water partition coefficient (Wildman–Crippen LogP) is 5.57. The van der Waals surface area contributed by atoms with E-state index in [2.05, 4.69) is 5.32 Å². The molecule has 0 atom stereocenters. The molecule has 0 bridgehead atoms. The minimum Gasteiger partial charge on any atom is -0.494 e. The van der Waals surface area contributed by atoms with Crippen molar-refractivity contribution in [2.45, 2.75) is 13.0 Å². The molecule has 1 saturated heterocycles. The number of barbiturate groups is 1. The number of ether oxygens (including phenoxy) is 1. The number of nitrogens with zero attached hydrogens (tertiary/aromatic N) is 2. The Kier molecular flexibility index (Phi) is 6.74. The van der Waals surface area contributed by atoms with Crippen LogP contribution in [0.5, 0.6) is 5.75 Å². The van der Waals surface area contributed by atoms with E-state index < -0.39 is 23.7 Å². The van der Waals surface area contributed by atoms with Gasteiger partial charge in [0.1, 0.15) is 17.1 Å². The summed E-state index contributed by atoms with van der Waals surface area (Å²) in [4.78, 5) is 39.0. The van der Waals surface area contributed by atoms with E-state index in [9.17, 15) is 18.8 Å². The lowest BCUT2D eigenvalue weighted by atomic mass is 10.1. The second-order valence-electron chi connectivity index (χ2n) is 8.39. The zero-order chi connectivity index (χ0) is 25.9. The number of amides is 4. The first kappa shape index (κ1) is 24.3. The SMILES string of the molecule is O=C1NC(=O)N(c2ccc(F)cc2)C(=O)/C1=C\c1cn(CCCOc2ccc(Cl)cc2)c2ccccc12. The number of carbonyl (C=O) groups is 3. The number of benzene rings is 3. The number of para-hydroxylation sites is 1. The van der Waals surface area contributed by atoms with E-state index in [1.54, 1.807) is 12.1 Å². The molecule has 9 heteroatoms. The van der Waals surface area contributed by atoms with Crippen molar-refractivity contribution in [1.82, 2.24) is 9.88 Å². The Hall–Kier alpha value is -4.43. The van der Waals surface area contributed by atoms with Gasteiger partial charge in [0.05, 0.1) is 12.3 Å². The maximum atomic E-state index is 13.4. The van der Waals surface area contributed by atoms with Gasteiger partial charge in [-0.25, -0.2) is 14.1 Å². The van der Waals surface area contributed by atoms with Crippen molar-refractivity contribution < 1.29 is 23.5 Å². The normalized spacial score (nSPS) is 14.9. The van der Waals surface area contributed by atoms with Crippen molar-refractivity contribution >= 4 is 52.1 Å². The molecule has 7 nitrogen and oxygen atoms in total. The van der Waals surface area contributed by atoms with E-state index >= 15 is 0 Å². The Morgan fingerprint density at radius 3 is 2.43 bits per heavy atom. The summed E-state index contributed by atoms with van der Waals surface area (Å²) < 4.78 is 21.2. The van der Waals surface area contributed by atoms with Gasteiger partial charge in [0, 0.05) is 34.2 Å². The number of carbonyl (C=O) groups excluding carboxylic acids is 3. The Bertz CT molecular complexity index is 1530. The van der Waals surface area contributed by atoms with Crippen LogP contribution in [0.2, 0.25) is 5.02 Å². The Morgan fingerprint density at radius 1 is 0.946 bits per heavy atom. The van der Waals surface area contributed by atoms with Gasteiger partial charge in [-0.2, -0.15) is 0 Å². The van der Waals surface area contributed by atoms with Crippen LogP contribution in [0.3, 0.4) is 0 Å². The monoisotopic (exact) mass is 517 g/mol. The van der Waals surface area contributed by atoms with Crippen LogP contribution in [-0.4, -0.2) is 29.0 Å². The minimum absolute atomic E-state index is 0.158. The summed E-state index contributed by atoms with van der Waals surface area (Å²) in [6.07, 6.45) is 4.05. The van der Waals surface area contributed by atoms with E-state index in [4.69, 9.17) is 16.3 Å². The Balaban J connectivity index is 1.39. The molecule has 1 fully saturated rings. The standard InChI is InChI=1S/C28H21ClFN3O4/c29-19-6-12-22(13-7-19)37-15-3-14-32-17-18(23-4-1-2-5-25(23)32)16-24-26(34)31-28(36)33(27(24)35)21-10-8-20(30)9-11-21/h1-2,4-13,16-17H,3,14-15H2,(H,31,34,36)/b24-16-. The molecule has 37 heavy (non-hydrogen) atoms. The fourth-order valence-corrected chi connectivity index (χ4v) is 4.29. The van der Waals surface area contributed by atoms with Gasteiger partial charge in [-0.1, -0.05) is 29.8 Å². The highest BCUT2D eigenvalue weighted by molar-refractivity contribution is 6.39. The molecule has 0 saturated carbocycles. The zero-order valence-corrected chi connectivity index (χ0v) is 20.2. The van der Waals surface area contributed by atoms with Crippen LogP contribution in [-0.2, 0) is 16.1 Å². The number of hydrogen-bond donors (Lipinski definition) is 1. The van der Waals surface area contributed by atoms with Gasteiger partial charge in [0.2, 0.25) is 0 Å². The first-order valence-corrected chi connectivity index (χ1v) is 11.9. The molecule has 1 aliphatic heterocycles. The van der Waals surface area contributed by atoms with Crippen LogP contribution in [0.15, 0.2) is 84.6 Å². The molecule has 0 aliphatic carbocycles. The largest absolute Gasteiger partial charge is 0.494 e. The van der Waals surface area contributed by atoms with Gasteiger partial charge in [0.15, 0.2) is 0 Å². The average Bonchev–Trinajstić information content (AvgIpc) is 3.24. The van der Waals surface area contributed by atoms with Crippen molar-refractivity contribution in [2.75, 3.05) is 11.5 Å². The molecule has 2 heterocycles. The molecule has 1 N–H and O–H groups in total. The molecular weight excluding hydrogens is 497 g/mol. The van der Waals surface area contributed by atoms with Crippen LogP contribution in [0.1, 0.15) is 12.0 Å². The summed E-state index contributed by atoms with van der Waals surface area (Å²) in [5.74, 6) is -1.35. The number of urea groups is 1. The number of anilines is 1. The van der Waals surface area contributed by atoms with Crippen LogP contribution >= 0.6 is 11.6 Å². The summed E-state index contributed by atoms with van der Waals surface area (Å²) in [5.41, 5.74) is 1.54. The van der Waals surface area contributed by atoms with Crippen molar-refractivity contribution in [3.8, 4) is 5.75 Å². The summed E-state index contributed by atoms with van der Waals surface area (Å²) in [6, 6.07) is 18.8. The number of fused-ring (bicyclic) bond motifs is 1. The highest BCUT2D eigenvalue weighted by Gasteiger charge is 2.37. The fourth-order valence-electron chi connectivity index (χ4n) is 4.17. The van der Waals surface area contributed by atoms with Gasteiger partial charge in [0.25, 0.3) is 11.8 Å². The van der Waals surface area contributed by atoms with Crippen LogP contribution in [0.25, 0.3) is 17.0 Å². The molecule has 4 aromatic rings. The van der Waals surface area contributed by atoms with Crippen molar-refractivity contribution in [2.24, 2.45) is 0 Å². The third-order valence-electron chi connectivity index (χ3n) is 5.93. The second-order valence-corrected chi connectivity index (χ2v) is 8.82. The fraction of sp³-hybridized carbons (Fsp3) is 0.107. The number of rotatable bonds is 7. The predicted molar refractivity (Wildman–Crippen MR) is 139 cm³/mol. The van der Waals surface area contributed by atoms with E-state index in [0.29, 0.717) is 30.2 Å². The smallest absolute Gasteiger partial charge is 0.335 e. The summed E-state index contributed by atoms with van der Waals surface area (Å²) in [7, 11) is 0. The summed E-state index contributed by atoms with van der Waals surface area (Å²) in [5, 5.41) is 3.68. The molecule has 0 radical (unpaired) electrons. The third kappa shape index (κ3) is 5.10. The van der Waals surface area contributed by atoms with E-state index in [1.807, 2.05) is 47.2 Å². The number of imide groups is 2. The molecule has 186 valence electrons. The molecule has 0 unspecified atom stereocenters. The lowest BCUT2D eigenvalue weighted by Gasteiger charge is -2.26. The van der Waals surface area contributed by atoms with Crippen molar-refractivity contribution in [3.05, 3.63) is 101 Å². The number of aryl methyl sites for hydroxylation is 1. The number of nitrogens with one attached hydrogen (secondary N) is 1. The van der Waals surface area contributed by atoms with Gasteiger partial charge in [-0.3, -0.25) is 14.9 Å². The van der Waals surface area contributed by atoms with Crippen molar-refractivity contribution in [1.29, 1.82) is 0 Å². The van der Waals surface area contributed by atoms with Gasteiger partial charge < -0.3 is 9.30 Å². The highest BCUT2D eigenvalue weighted by atomic mass is 35.5. The maximum absolute atomic E-state index is 13.4. The summed E-state index contributed by atoms with van der Waals surface area (Å²) in [6.45, 7) is 1.12. The number of aromatic nitrogens is 1. The Morgan fingerprint density at radius 2 is 1.68 bits per heavy atom. The zero-order valence-electron chi connectivity index (χ0n) is 19.5. The second kappa shape index (κ2) is 10.3. The average molecular weight is 518 g/mol. The quantitative estimate of drug-likeness (QED) is 0.197. The van der Waals surface area contributed by atoms with Gasteiger partial charge in [-0.15, -0.1) is 0 Å². The van der Waals surface area contributed by atoms with E-state index in [1.165, 1.54) is 18.2 Å². The van der Waals surface area contributed by atoms with Crippen molar-refractivity contribution in [3.63, 3.8) is 0 Å².